The van der Waals surface area contributed by atoms with Crippen molar-refractivity contribution in [3.8, 4) is 29.5 Å². The number of unbranched alkanes of at least 4 members (excludes halogenated alkanes) is 1. The second kappa shape index (κ2) is 23.7. The highest BCUT2D eigenvalue weighted by molar-refractivity contribution is 6.00. The number of aliphatic imine (C=N–C) groups is 2. The van der Waals surface area contributed by atoms with Gasteiger partial charge in [0.05, 0.1) is 37.5 Å². The average Bonchev–Trinajstić information content (AvgIpc) is 3.91. The normalized spacial score (nSPS) is 13.2. The molecule has 5 heterocycles. The summed E-state index contributed by atoms with van der Waals surface area (Å²) in [5.74, 6) is 3.26. The number of terminal acetylenes is 1. The molecule has 22 heteroatoms. The third-order valence-electron chi connectivity index (χ3n) is 10.0. The van der Waals surface area contributed by atoms with Gasteiger partial charge in [0.1, 0.15) is 23.6 Å². The van der Waals surface area contributed by atoms with Crippen LogP contribution in [0.15, 0.2) is 64.7 Å². The van der Waals surface area contributed by atoms with Crippen LogP contribution in [0.25, 0.3) is 33.3 Å². The fraction of sp³-hybridized carbons (Fsp3) is 0.395. The Morgan fingerprint density at radius 1 is 1.00 bits per heavy atom. The van der Waals surface area contributed by atoms with Crippen molar-refractivity contribution in [3.05, 3.63) is 60.3 Å². The van der Waals surface area contributed by atoms with Crippen LogP contribution in [0.3, 0.4) is 0 Å². The second-order valence-electron chi connectivity index (χ2n) is 14.7. The molecule has 0 unspecified atom stereocenters. The third kappa shape index (κ3) is 13.4. The number of fused-ring (bicyclic) bond motifs is 2. The second-order valence-corrected chi connectivity index (χ2v) is 14.7. The van der Waals surface area contributed by atoms with Gasteiger partial charge in [-0.25, -0.2) is 39.4 Å². The van der Waals surface area contributed by atoms with Crippen LogP contribution in [0.5, 0.6) is 5.75 Å². The Bertz CT molecular complexity index is 2520. The van der Waals surface area contributed by atoms with E-state index in [0.29, 0.717) is 105 Å². The molecular weight excluding hydrogens is 839 g/mol. The lowest BCUT2D eigenvalue weighted by Crippen LogP contribution is -2.48. The van der Waals surface area contributed by atoms with Gasteiger partial charge in [0.15, 0.2) is 12.3 Å². The molecule has 5 aromatic rings. The molecule has 22 nitrogen and oxygen atoms in total. The van der Waals surface area contributed by atoms with Gasteiger partial charge in [-0.05, 0) is 50.7 Å². The van der Waals surface area contributed by atoms with Crippen LogP contribution < -0.4 is 26.6 Å². The minimum Gasteiger partial charge on any atom is -0.508 e. The molecule has 0 aliphatic carbocycles. The van der Waals surface area contributed by atoms with Crippen LogP contribution in [0.1, 0.15) is 31.7 Å². The number of aryl methyl sites for hydroxylation is 1. The minimum absolute atomic E-state index is 0.0918. The maximum atomic E-state index is 12.9. The molecule has 1 saturated heterocycles. The number of aromatic nitrogens is 7. The Labute approximate surface area is 374 Å². The Kier molecular flexibility index (Phi) is 17.1. The van der Waals surface area contributed by atoms with Crippen LogP contribution in [0.2, 0.25) is 0 Å². The van der Waals surface area contributed by atoms with Gasteiger partial charge in [-0.2, -0.15) is 5.10 Å². The van der Waals surface area contributed by atoms with Crippen molar-refractivity contribution in [3.63, 3.8) is 0 Å². The van der Waals surface area contributed by atoms with Crippen LogP contribution in [0, 0.1) is 12.3 Å². The van der Waals surface area contributed by atoms with E-state index in [0.717, 1.165) is 22.2 Å². The number of ether oxygens (including phenoxy) is 3. The number of H-pyrrole nitrogens is 1. The summed E-state index contributed by atoms with van der Waals surface area (Å²) in [6.07, 6.45) is 12.3. The van der Waals surface area contributed by atoms with Gasteiger partial charge in [0.25, 0.3) is 0 Å². The molecule has 65 heavy (non-hydrogen) atoms. The summed E-state index contributed by atoms with van der Waals surface area (Å²) in [6, 6.07) is 7.00. The largest absolute Gasteiger partial charge is 0.508 e. The van der Waals surface area contributed by atoms with Crippen molar-refractivity contribution in [2.75, 3.05) is 82.9 Å². The Morgan fingerprint density at radius 2 is 1.78 bits per heavy atom. The highest BCUT2D eigenvalue weighted by atomic mass is 16.5. The lowest BCUT2D eigenvalue weighted by atomic mass is 10.2. The van der Waals surface area contributed by atoms with Crippen molar-refractivity contribution >= 4 is 64.3 Å². The predicted molar refractivity (Wildman–Crippen MR) is 244 cm³/mol. The number of aromatic amines is 1. The first-order valence-electron chi connectivity index (χ1n) is 21.0. The lowest BCUT2D eigenvalue weighted by molar-refractivity contribution is -0.122. The molecular formula is C43H53N15O7. The number of nitrogen functional groups attached to an aromatic ring is 1. The molecule has 1 fully saturated rings. The number of amides is 3. The van der Waals surface area contributed by atoms with Gasteiger partial charge in [0, 0.05) is 99.4 Å². The van der Waals surface area contributed by atoms with Crippen LogP contribution >= 0.6 is 0 Å². The summed E-state index contributed by atoms with van der Waals surface area (Å²) >= 11 is 0. The van der Waals surface area contributed by atoms with Crippen molar-refractivity contribution in [1.29, 1.82) is 0 Å². The molecule has 1 aliphatic rings. The standard InChI is InChI=1S/C43H53N15O7/c1-4-17-65-43(62)47-11-19-64-21-20-63-18-9-35(60)48-25-30-26-50-42(51-27-30)57-15-13-56(14-16-57)41(45-3)49-24-29(2)40(61)46-10-5-6-12-58-39-36(38(44)52-28-53-39)37(55-58)34-23-31-22-32(59)7-8-33(31)54-34/h1,7-8,22-24,26-28,54,59H,3,5-6,9-21,25H2,2H3,(H,46,61)(H,47,62)(H,48,60)(H2,44,52,53)/b29-24+,49-41+. The van der Waals surface area contributed by atoms with Crippen molar-refractivity contribution in [2.24, 2.45) is 9.98 Å². The Morgan fingerprint density at radius 3 is 2.55 bits per heavy atom. The molecule has 1 aromatic carbocycles. The highest BCUT2D eigenvalue weighted by Crippen LogP contribution is 2.32. The Balaban J connectivity index is 0.863. The number of phenolic OH excluding ortho intramolecular Hbond substituents is 1. The van der Waals surface area contributed by atoms with Crippen molar-refractivity contribution < 1.29 is 33.7 Å². The fourth-order valence-corrected chi connectivity index (χ4v) is 6.65. The molecule has 0 saturated carbocycles. The number of nitrogens with one attached hydrogen (secondary N) is 4. The van der Waals surface area contributed by atoms with Gasteiger partial charge in [-0.1, -0.05) is 5.92 Å². The molecule has 3 amide bonds. The van der Waals surface area contributed by atoms with E-state index in [1.165, 1.54) is 12.5 Å². The van der Waals surface area contributed by atoms with Crippen molar-refractivity contribution in [2.45, 2.75) is 39.3 Å². The number of hydrogen-bond donors (Lipinski definition) is 6. The number of hydrogen-bond acceptors (Lipinski definition) is 15. The van der Waals surface area contributed by atoms with E-state index in [1.807, 2.05) is 15.9 Å². The van der Waals surface area contributed by atoms with Crippen LogP contribution in [-0.4, -0.2) is 148 Å². The molecule has 6 rings (SSSR count). The van der Waals surface area contributed by atoms with Crippen LogP contribution in [-0.2, 0) is 36.9 Å². The number of alkyl carbamates (subject to hydrolysis) is 1. The fourth-order valence-electron chi connectivity index (χ4n) is 6.65. The first-order valence-corrected chi connectivity index (χ1v) is 21.0. The number of carbonyl (C=O) groups excluding carboxylic acids is 3. The van der Waals surface area contributed by atoms with E-state index in [-0.39, 0.29) is 56.9 Å². The smallest absolute Gasteiger partial charge is 0.408 e. The predicted octanol–water partition coefficient (Wildman–Crippen LogP) is 2.13. The number of rotatable bonds is 21. The van der Waals surface area contributed by atoms with Gasteiger partial charge in [-0.3, -0.25) is 9.59 Å². The summed E-state index contributed by atoms with van der Waals surface area (Å²) in [4.78, 5) is 70.1. The summed E-state index contributed by atoms with van der Waals surface area (Å²) in [5.41, 5.74) is 10.3. The number of piperazine rings is 1. The summed E-state index contributed by atoms with van der Waals surface area (Å²) in [7, 11) is 0. The zero-order valence-corrected chi connectivity index (χ0v) is 36.2. The average molecular weight is 892 g/mol. The summed E-state index contributed by atoms with van der Waals surface area (Å²) in [6.45, 7) is 10.4. The molecule has 0 radical (unpaired) electrons. The van der Waals surface area contributed by atoms with Gasteiger partial charge in [0.2, 0.25) is 23.7 Å². The number of benzene rings is 1. The number of carbonyl (C=O) groups is 3. The van der Waals surface area contributed by atoms with Gasteiger partial charge in [-0.15, -0.1) is 6.42 Å². The van der Waals surface area contributed by atoms with E-state index in [9.17, 15) is 19.5 Å². The Hall–Kier alpha value is -7.64. The van der Waals surface area contributed by atoms with Gasteiger partial charge < -0.3 is 55.8 Å². The molecule has 0 bridgehead atoms. The minimum atomic E-state index is -0.603. The molecule has 0 atom stereocenters. The third-order valence-corrected chi connectivity index (χ3v) is 10.0. The molecule has 7 N–H and O–H groups in total. The zero-order chi connectivity index (χ0) is 46.0. The van der Waals surface area contributed by atoms with E-state index in [2.05, 4.69) is 68.2 Å². The number of anilines is 2. The maximum absolute atomic E-state index is 12.9. The molecule has 342 valence electrons. The van der Waals surface area contributed by atoms with E-state index >= 15 is 0 Å². The highest BCUT2D eigenvalue weighted by Gasteiger charge is 2.22. The summed E-state index contributed by atoms with van der Waals surface area (Å²) in [5, 5.41) is 24.5. The lowest BCUT2D eigenvalue weighted by Gasteiger charge is -2.35. The number of nitrogens with zero attached hydrogens (tertiary/aromatic N) is 10. The molecule has 0 spiro atoms. The number of phenols is 1. The van der Waals surface area contributed by atoms with Crippen LogP contribution in [0.4, 0.5) is 16.6 Å². The topological polar surface area (TPSA) is 278 Å². The monoisotopic (exact) mass is 891 g/mol. The quantitative estimate of drug-likeness (QED) is 0.0202. The summed E-state index contributed by atoms with van der Waals surface area (Å²) < 4.78 is 17.3. The van der Waals surface area contributed by atoms with Gasteiger partial charge >= 0.3 is 6.09 Å². The van der Waals surface area contributed by atoms with E-state index in [4.69, 9.17) is 26.7 Å². The molecule has 4 aromatic heterocycles. The maximum Gasteiger partial charge on any atom is 0.408 e. The van der Waals surface area contributed by atoms with E-state index < -0.39 is 6.09 Å². The number of guanidine groups is 1. The molecule has 1 aliphatic heterocycles. The number of aromatic hydroxyl groups is 1. The first kappa shape index (κ1) is 46.9. The van der Waals surface area contributed by atoms with Crippen molar-refractivity contribution in [1.82, 2.24) is 55.6 Å². The zero-order valence-electron chi connectivity index (χ0n) is 36.2. The SMILES string of the molecule is C#CCOC(=O)NCCOCCOCCC(=O)NCc1cnc(N2CCN(/C(N=C)=N/C=C(\C)C(=O)NCCCCn3nc(-c4cc5cc(O)ccc5[nH]4)c4c(N)ncnc43)CC2)nc1. The first-order chi connectivity index (χ1) is 31.6. The van der Waals surface area contributed by atoms with E-state index in [1.54, 1.807) is 42.2 Å². The number of nitrogens with two attached hydrogens (primary N) is 1.